The second-order valence-electron chi connectivity index (χ2n) is 4.15. The Morgan fingerprint density at radius 3 is 2.77 bits per heavy atom. The van der Waals surface area contributed by atoms with E-state index in [1.807, 2.05) is 0 Å². The summed E-state index contributed by atoms with van der Waals surface area (Å²) in [6.07, 6.45) is 4.13. The summed E-state index contributed by atoms with van der Waals surface area (Å²) in [6.45, 7) is 3.70. The van der Waals surface area contributed by atoms with Crippen molar-refractivity contribution in [1.82, 2.24) is 10.6 Å². The minimum atomic E-state index is 0.821. The molecule has 0 radical (unpaired) electrons. The van der Waals surface area contributed by atoms with E-state index in [0.717, 1.165) is 12.0 Å². The van der Waals surface area contributed by atoms with Crippen molar-refractivity contribution in [2.75, 3.05) is 31.1 Å². The van der Waals surface area contributed by atoms with E-state index in [-0.39, 0.29) is 0 Å². The summed E-state index contributed by atoms with van der Waals surface area (Å²) in [5.74, 6) is 3.62. The lowest BCUT2D eigenvalue weighted by Crippen LogP contribution is -2.36. The topological polar surface area (TPSA) is 24.1 Å². The van der Waals surface area contributed by atoms with Crippen LogP contribution in [0.5, 0.6) is 0 Å². The molecule has 3 heteroatoms. The van der Waals surface area contributed by atoms with Crippen molar-refractivity contribution < 1.29 is 0 Å². The highest BCUT2D eigenvalue weighted by molar-refractivity contribution is 7.99. The van der Waals surface area contributed by atoms with E-state index in [1.165, 1.54) is 50.4 Å². The Morgan fingerprint density at radius 1 is 1.23 bits per heavy atom. The van der Waals surface area contributed by atoms with Crippen molar-refractivity contribution >= 4 is 11.8 Å². The predicted octanol–water partition coefficient (Wildman–Crippen LogP) is 1.08. The van der Waals surface area contributed by atoms with Gasteiger partial charge in [0.1, 0.15) is 0 Å². The molecule has 2 saturated heterocycles. The maximum Gasteiger partial charge on any atom is 0.00828 e. The standard InChI is InChI=1S/C10H20N2S/c1-4-11-7-9(1)8-12-10-2-5-13-6-3-10/h9-12H,1-8H2. The number of nitrogens with one attached hydrogen (secondary N) is 2. The van der Waals surface area contributed by atoms with Gasteiger partial charge in [-0.05, 0) is 56.3 Å². The largest absolute Gasteiger partial charge is 0.316 e. The third kappa shape index (κ3) is 3.15. The number of hydrogen-bond acceptors (Lipinski definition) is 3. The Balaban J connectivity index is 1.60. The molecule has 2 aliphatic heterocycles. The molecule has 2 fully saturated rings. The van der Waals surface area contributed by atoms with Gasteiger partial charge in [-0.3, -0.25) is 0 Å². The van der Waals surface area contributed by atoms with Crippen LogP contribution < -0.4 is 10.6 Å². The molecule has 2 nitrogen and oxygen atoms in total. The number of thioether (sulfide) groups is 1. The Morgan fingerprint density at radius 2 is 2.08 bits per heavy atom. The molecule has 0 aromatic carbocycles. The van der Waals surface area contributed by atoms with Gasteiger partial charge in [0, 0.05) is 6.04 Å². The van der Waals surface area contributed by atoms with Gasteiger partial charge in [-0.2, -0.15) is 11.8 Å². The molecule has 2 rings (SSSR count). The maximum absolute atomic E-state index is 3.71. The lowest BCUT2D eigenvalue weighted by Gasteiger charge is -2.24. The molecule has 1 unspecified atom stereocenters. The monoisotopic (exact) mass is 200 g/mol. The van der Waals surface area contributed by atoms with Gasteiger partial charge in [-0.25, -0.2) is 0 Å². The molecular weight excluding hydrogens is 180 g/mol. The van der Waals surface area contributed by atoms with Crippen LogP contribution in [-0.4, -0.2) is 37.2 Å². The predicted molar refractivity (Wildman–Crippen MR) is 59.3 cm³/mol. The van der Waals surface area contributed by atoms with Gasteiger partial charge in [-0.1, -0.05) is 0 Å². The quantitative estimate of drug-likeness (QED) is 0.713. The normalized spacial score (nSPS) is 30.9. The molecule has 2 aliphatic rings. The SMILES string of the molecule is C1CC(CNC2CCSCC2)CN1. The van der Waals surface area contributed by atoms with Crippen LogP contribution in [0.1, 0.15) is 19.3 Å². The van der Waals surface area contributed by atoms with Crippen LogP contribution >= 0.6 is 11.8 Å². The van der Waals surface area contributed by atoms with E-state index in [2.05, 4.69) is 22.4 Å². The summed E-state index contributed by atoms with van der Waals surface area (Å²) in [5.41, 5.74) is 0. The molecule has 0 aromatic rings. The molecule has 0 bridgehead atoms. The molecule has 0 amide bonds. The molecule has 13 heavy (non-hydrogen) atoms. The highest BCUT2D eigenvalue weighted by atomic mass is 32.2. The van der Waals surface area contributed by atoms with E-state index in [1.54, 1.807) is 0 Å². The van der Waals surface area contributed by atoms with Crippen LogP contribution in [0, 0.1) is 5.92 Å². The summed E-state index contributed by atoms with van der Waals surface area (Å²) >= 11 is 2.10. The molecule has 2 heterocycles. The fourth-order valence-electron chi connectivity index (χ4n) is 2.12. The second kappa shape index (κ2) is 5.23. The van der Waals surface area contributed by atoms with Crippen molar-refractivity contribution in [3.63, 3.8) is 0 Å². The zero-order chi connectivity index (χ0) is 8.93. The summed E-state index contributed by atoms with van der Waals surface area (Å²) in [5, 5.41) is 7.13. The molecule has 0 spiro atoms. The average molecular weight is 200 g/mol. The van der Waals surface area contributed by atoms with Gasteiger partial charge >= 0.3 is 0 Å². The Bertz CT molecular complexity index is 140. The number of rotatable bonds is 3. The molecule has 0 aromatic heterocycles. The van der Waals surface area contributed by atoms with E-state index in [9.17, 15) is 0 Å². The lowest BCUT2D eigenvalue weighted by atomic mass is 10.1. The van der Waals surface area contributed by atoms with Crippen LogP contribution in [0.3, 0.4) is 0 Å². The summed E-state index contributed by atoms with van der Waals surface area (Å²) in [4.78, 5) is 0. The summed E-state index contributed by atoms with van der Waals surface area (Å²) in [6, 6.07) is 0.821. The Kier molecular flexibility index (Phi) is 3.94. The highest BCUT2D eigenvalue weighted by Crippen LogP contribution is 2.17. The van der Waals surface area contributed by atoms with Crippen molar-refractivity contribution in [3.05, 3.63) is 0 Å². The first-order chi connectivity index (χ1) is 6.45. The van der Waals surface area contributed by atoms with Gasteiger partial charge in [0.15, 0.2) is 0 Å². The fourth-order valence-corrected chi connectivity index (χ4v) is 3.23. The van der Waals surface area contributed by atoms with Crippen molar-refractivity contribution in [2.45, 2.75) is 25.3 Å². The van der Waals surface area contributed by atoms with Crippen LogP contribution in [0.4, 0.5) is 0 Å². The molecular formula is C10H20N2S. The number of hydrogen-bond donors (Lipinski definition) is 2. The van der Waals surface area contributed by atoms with Gasteiger partial charge in [0.05, 0.1) is 0 Å². The van der Waals surface area contributed by atoms with E-state index < -0.39 is 0 Å². The zero-order valence-electron chi connectivity index (χ0n) is 8.22. The second-order valence-corrected chi connectivity index (χ2v) is 5.38. The minimum Gasteiger partial charge on any atom is -0.316 e. The van der Waals surface area contributed by atoms with Crippen molar-refractivity contribution in [2.24, 2.45) is 5.92 Å². The molecule has 0 aliphatic carbocycles. The van der Waals surface area contributed by atoms with Crippen molar-refractivity contribution in [3.8, 4) is 0 Å². The van der Waals surface area contributed by atoms with Crippen LogP contribution in [-0.2, 0) is 0 Å². The molecule has 76 valence electrons. The maximum atomic E-state index is 3.71. The third-order valence-electron chi connectivity index (χ3n) is 3.08. The first-order valence-electron chi connectivity index (χ1n) is 5.47. The van der Waals surface area contributed by atoms with Crippen LogP contribution in [0.15, 0.2) is 0 Å². The van der Waals surface area contributed by atoms with Gasteiger partial charge < -0.3 is 10.6 Å². The molecule has 1 atom stereocenters. The van der Waals surface area contributed by atoms with Crippen LogP contribution in [0.2, 0.25) is 0 Å². The molecule has 2 N–H and O–H groups in total. The van der Waals surface area contributed by atoms with Gasteiger partial charge in [0.25, 0.3) is 0 Å². The van der Waals surface area contributed by atoms with E-state index in [0.29, 0.717) is 0 Å². The Hall–Kier alpha value is 0.270. The fraction of sp³-hybridized carbons (Fsp3) is 1.00. The van der Waals surface area contributed by atoms with E-state index >= 15 is 0 Å². The smallest absolute Gasteiger partial charge is 0.00828 e. The zero-order valence-corrected chi connectivity index (χ0v) is 9.04. The highest BCUT2D eigenvalue weighted by Gasteiger charge is 2.17. The van der Waals surface area contributed by atoms with Gasteiger partial charge in [0.2, 0.25) is 0 Å². The first kappa shape index (κ1) is 9.81. The first-order valence-corrected chi connectivity index (χ1v) is 6.62. The van der Waals surface area contributed by atoms with Crippen molar-refractivity contribution in [1.29, 1.82) is 0 Å². The van der Waals surface area contributed by atoms with Crippen LogP contribution in [0.25, 0.3) is 0 Å². The van der Waals surface area contributed by atoms with E-state index in [4.69, 9.17) is 0 Å². The van der Waals surface area contributed by atoms with Gasteiger partial charge in [-0.15, -0.1) is 0 Å². The summed E-state index contributed by atoms with van der Waals surface area (Å²) < 4.78 is 0. The average Bonchev–Trinajstić information content (AvgIpc) is 2.69. The summed E-state index contributed by atoms with van der Waals surface area (Å²) in [7, 11) is 0. The third-order valence-corrected chi connectivity index (χ3v) is 4.13. The Labute approximate surface area is 85.2 Å². The molecule has 0 saturated carbocycles. The minimum absolute atomic E-state index is 0.821. The lowest BCUT2D eigenvalue weighted by molar-refractivity contribution is 0.426.